The molecular weight excluding hydrogens is 306 g/mol. The molecule has 0 spiro atoms. The summed E-state index contributed by atoms with van der Waals surface area (Å²) >= 11 is 0. The number of ketones is 1. The summed E-state index contributed by atoms with van der Waals surface area (Å²) in [4.78, 5) is 12.7. The SMILES string of the molecule is COc1cc(C)c(C(=O)c2c(F)ccc(F)c2C)c(O)c1OC. The van der Waals surface area contributed by atoms with Crippen molar-refractivity contribution in [1.29, 1.82) is 0 Å². The zero-order valence-electron chi connectivity index (χ0n) is 13.2. The molecule has 0 aromatic heterocycles. The van der Waals surface area contributed by atoms with Crippen LogP contribution in [0.5, 0.6) is 17.2 Å². The molecule has 0 fully saturated rings. The highest BCUT2D eigenvalue weighted by molar-refractivity contribution is 6.13. The minimum atomic E-state index is -0.859. The molecule has 0 atom stereocenters. The second-order valence-corrected chi connectivity index (χ2v) is 5.01. The number of aryl methyl sites for hydroxylation is 1. The number of phenolic OH excluding ortho intramolecular Hbond substituents is 1. The van der Waals surface area contributed by atoms with Crippen LogP contribution < -0.4 is 9.47 Å². The van der Waals surface area contributed by atoms with Crippen LogP contribution in [-0.2, 0) is 0 Å². The minimum absolute atomic E-state index is 0.0454. The van der Waals surface area contributed by atoms with Crippen LogP contribution in [0.1, 0.15) is 27.0 Å². The van der Waals surface area contributed by atoms with E-state index in [9.17, 15) is 18.7 Å². The molecule has 2 aromatic rings. The number of aromatic hydroxyl groups is 1. The number of carbonyl (C=O) groups excluding carboxylic acids is 1. The molecule has 0 heterocycles. The van der Waals surface area contributed by atoms with Gasteiger partial charge in [-0.25, -0.2) is 8.78 Å². The van der Waals surface area contributed by atoms with Crippen molar-refractivity contribution in [3.05, 3.63) is 52.1 Å². The van der Waals surface area contributed by atoms with E-state index in [-0.39, 0.29) is 22.6 Å². The maximum Gasteiger partial charge on any atom is 0.203 e. The number of benzene rings is 2. The lowest BCUT2D eigenvalue weighted by molar-refractivity contribution is 0.103. The fourth-order valence-corrected chi connectivity index (χ4v) is 2.44. The van der Waals surface area contributed by atoms with Crippen LogP contribution in [0.15, 0.2) is 18.2 Å². The van der Waals surface area contributed by atoms with Gasteiger partial charge in [-0.3, -0.25) is 4.79 Å². The van der Waals surface area contributed by atoms with Crippen LogP contribution in [0.25, 0.3) is 0 Å². The average Bonchev–Trinajstić information content (AvgIpc) is 2.50. The lowest BCUT2D eigenvalue weighted by Crippen LogP contribution is -2.11. The number of hydrogen-bond acceptors (Lipinski definition) is 4. The zero-order chi connectivity index (χ0) is 17.3. The molecule has 0 aliphatic heterocycles. The highest BCUT2D eigenvalue weighted by atomic mass is 19.1. The number of methoxy groups -OCH3 is 2. The van der Waals surface area contributed by atoms with Crippen molar-refractivity contribution in [3.63, 3.8) is 0 Å². The molecule has 0 unspecified atom stereocenters. The van der Waals surface area contributed by atoms with E-state index in [0.29, 0.717) is 5.56 Å². The van der Waals surface area contributed by atoms with E-state index in [1.165, 1.54) is 27.2 Å². The molecular formula is C17H16F2O4. The van der Waals surface area contributed by atoms with Crippen LogP contribution in [-0.4, -0.2) is 25.1 Å². The van der Waals surface area contributed by atoms with Crippen LogP contribution >= 0.6 is 0 Å². The predicted molar refractivity (Wildman–Crippen MR) is 80.5 cm³/mol. The first-order valence-electron chi connectivity index (χ1n) is 6.77. The van der Waals surface area contributed by atoms with Crippen molar-refractivity contribution in [3.8, 4) is 17.2 Å². The summed E-state index contributed by atoms with van der Waals surface area (Å²) in [7, 11) is 2.68. The molecule has 4 nitrogen and oxygen atoms in total. The maximum absolute atomic E-state index is 14.0. The molecule has 2 rings (SSSR count). The first-order chi connectivity index (χ1) is 10.8. The second kappa shape index (κ2) is 6.24. The number of ether oxygens (including phenoxy) is 2. The Bertz CT molecular complexity index is 785. The van der Waals surface area contributed by atoms with Gasteiger partial charge in [-0.2, -0.15) is 0 Å². The lowest BCUT2D eigenvalue weighted by atomic mass is 9.94. The Kier molecular flexibility index (Phi) is 4.54. The van der Waals surface area contributed by atoms with Crippen molar-refractivity contribution in [2.24, 2.45) is 0 Å². The van der Waals surface area contributed by atoms with Gasteiger partial charge in [-0.1, -0.05) is 0 Å². The Morgan fingerprint density at radius 2 is 1.65 bits per heavy atom. The highest BCUT2D eigenvalue weighted by Gasteiger charge is 2.27. The van der Waals surface area contributed by atoms with Gasteiger partial charge in [0.25, 0.3) is 0 Å². The monoisotopic (exact) mass is 322 g/mol. The molecule has 0 aliphatic rings. The van der Waals surface area contributed by atoms with Gasteiger partial charge in [-0.15, -0.1) is 0 Å². The average molecular weight is 322 g/mol. The summed E-state index contributed by atoms with van der Waals surface area (Å²) in [6.07, 6.45) is 0. The van der Waals surface area contributed by atoms with Crippen LogP contribution in [0.2, 0.25) is 0 Å². The van der Waals surface area contributed by atoms with Gasteiger partial charge in [0, 0.05) is 0 Å². The third-order valence-electron chi connectivity index (χ3n) is 3.64. The van der Waals surface area contributed by atoms with Gasteiger partial charge in [0.15, 0.2) is 17.3 Å². The standard InChI is InChI=1S/C17H16F2O4/c1-8-7-12(22-3)17(23-4)16(21)13(8)15(20)14-9(2)10(18)5-6-11(14)19/h5-7,21H,1-4H3. The van der Waals surface area contributed by atoms with Crippen molar-refractivity contribution < 1.29 is 28.2 Å². The molecule has 1 N–H and O–H groups in total. The summed E-state index contributed by atoms with van der Waals surface area (Å²) in [5.41, 5.74) is -0.345. The molecule has 23 heavy (non-hydrogen) atoms. The molecule has 0 radical (unpaired) electrons. The summed E-state index contributed by atoms with van der Waals surface area (Å²) < 4.78 is 37.8. The van der Waals surface area contributed by atoms with Crippen molar-refractivity contribution in [2.75, 3.05) is 14.2 Å². The molecule has 0 amide bonds. The van der Waals surface area contributed by atoms with E-state index in [0.717, 1.165) is 12.1 Å². The number of rotatable bonds is 4. The van der Waals surface area contributed by atoms with Gasteiger partial charge in [0.1, 0.15) is 11.6 Å². The number of halogens is 2. The van der Waals surface area contributed by atoms with E-state index in [1.807, 2.05) is 0 Å². The second-order valence-electron chi connectivity index (χ2n) is 5.01. The third-order valence-corrected chi connectivity index (χ3v) is 3.64. The summed E-state index contributed by atoms with van der Waals surface area (Å²) in [5.74, 6) is -2.67. The van der Waals surface area contributed by atoms with E-state index >= 15 is 0 Å². The zero-order valence-corrected chi connectivity index (χ0v) is 13.2. The van der Waals surface area contributed by atoms with Crippen LogP contribution in [0.4, 0.5) is 8.78 Å². The van der Waals surface area contributed by atoms with Crippen LogP contribution in [0, 0.1) is 25.5 Å². The number of phenols is 1. The summed E-state index contributed by atoms with van der Waals surface area (Å²) in [6, 6.07) is 3.31. The summed E-state index contributed by atoms with van der Waals surface area (Å²) in [5, 5.41) is 10.3. The van der Waals surface area contributed by atoms with Gasteiger partial charge in [-0.05, 0) is 43.2 Å². The van der Waals surface area contributed by atoms with Crippen molar-refractivity contribution in [2.45, 2.75) is 13.8 Å². The normalized spacial score (nSPS) is 10.5. The first-order valence-corrected chi connectivity index (χ1v) is 6.77. The van der Waals surface area contributed by atoms with Gasteiger partial charge in [0.2, 0.25) is 5.75 Å². The maximum atomic E-state index is 14.0. The molecule has 0 aliphatic carbocycles. The summed E-state index contributed by atoms with van der Waals surface area (Å²) in [6.45, 7) is 2.86. The molecule has 2 aromatic carbocycles. The first kappa shape index (κ1) is 16.7. The number of carbonyl (C=O) groups is 1. The fraction of sp³-hybridized carbons (Fsp3) is 0.235. The van der Waals surface area contributed by atoms with Gasteiger partial charge < -0.3 is 14.6 Å². The highest BCUT2D eigenvalue weighted by Crippen LogP contribution is 2.42. The quantitative estimate of drug-likeness (QED) is 0.875. The van der Waals surface area contributed by atoms with E-state index < -0.39 is 28.7 Å². The Morgan fingerprint density at radius 3 is 2.22 bits per heavy atom. The smallest absolute Gasteiger partial charge is 0.203 e. The van der Waals surface area contributed by atoms with Gasteiger partial charge >= 0.3 is 0 Å². The molecule has 6 heteroatoms. The van der Waals surface area contributed by atoms with Crippen LogP contribution in [0.3, 0.4) is 0 Å². The molecule has 122 valence electrons. The van der Waals surface area contributed by atoms with E-state index in [2.05, 4.69) is 0 Å². The van der Waals surface area contributed by atoms with E-state index in [4.69, 9.17) is 9.47 Å². The minimum Gasteiger partial charge on any atom is -0.504 e. The Balaban J connectivity index is 2.73. The third kappa shape index (κ3) is 2.72. The largest absolute Gasteiger partial charge is 0.504 e. The number of hydrogen-bond donors (Lipinski definition) is 1. The fourth-order valence-electron chi connectivity index (χ4n) is 2.44. The van der Waals surface area contributed by atoms with Gasteiger partial charge in [0.05, 0.1) is 25.3 Å². The van der Waals surface area contributed by atoms with E-state index in [1.54, 1.807) is 6.92 Å². The van der Waals surface area contributed by atoms with Crippen molar-refractivity contribution >= 4 is 5.78 Å². The Morgan fingerprint density at radius 1 is 1.04 bits per heavy atom. The molecule has 0 saturated heterocycles. The Labute approximate surface area is 132 Å². The lowest BCUT2D eigenvalue weighted by Gasteiger charge is -2.16. The predicted octanol–water partition coefficient (Wildman–Crippen LogP) is 3.54. The molecule has 0 saturated carbocycles. The topological polar surface area (TPSA) is 55.8 Å². The Hall–Kier alpha value is -2.63. The molecule has 0 bridgehead atoms. The van der Waals surface area contributed by atoms with Crippen molar-refractivity contribution in [1.82, 2.24) is 0 Å².